The Morgan fingerprint density at radius 1 is 1.53 bits per heavy atom. The highest BCUT2D eigenvalue weighted by molar-refractivity contribution is 7.99. The molecule has 0 saturated heterocycles. The van der Waals surface area contributed by atoms with Crippen molar-refractivity contribution >= 4 is 17.7 Å². The van der Waals surface area contributed by atoms with Gasteiger partial charge in [0, 0.05) is 12.2 Å². The third kappa shape index (κ3) is 5.44. The molecule has 1 aromatic heterocycles. The molecule has 0 saturated carbocycles. The van der Waals surface area contributed by atoms with Crippen molar-refractivity contribution in [2.75, 3.05) is 5.75 Å². The van der Waals surface area contributed by atoms with Gasteiger partial charge in [0.1, 0.15) is 6.26 Å². The molecule has 0 aliphatic carbocycles. The predicted octanol–water partition coefficient (Wildman–Crippen LogP) is 1.32. The number of thioether (sulfide) groups is 1. The molecule has 0 aliphatic heterocycles. The topological polar surface area (TPSA) is 81.1 Å². The van der Waals surface area contributed by atoms with Crippen molar-refractivity contribution in [3.8, 4) is 0 Å². The molecule has 0 bridgehead atoms. The van der Waals surface area contributed by atoms with Gasteiger partial charge < -0.3 is 4.42 Å². The number of nitrogens with one attached hydrogen (secondary N) is 1. The third-order valence-corrected chi connectivity index (χ3v) is 2.79. The standard InChI is InChI=1S/C9H15N3O2S/c10-12-8(13)4-2-1-3-7-15-9-11-5-6-14-9/h5-6H,1-4,7,10H2,(H,12,13). The van der Waals surface area contributed by atoms with Gasteiger partial charge in [0.25, 0.3) is 5.22 Å². The first kappa shape index (κ1) is 12.1. The Balaban J connectivity index is 1.91. The van der Waals surface area contributed by atoms with Crippen molar-refractivity contribution in [1.82, 2.24) is 10.4 Å². The summed E-state index contributed by atoms with van der Waals surface area (Å²) in [5.74, 6) is 5.81. The number of rotatable bonds is 7. The van der Waals surface area contributed by atoms with Crippen LogP contribution in [0, 0.1) is 0 Å². The number of hydrogen-bond acceptors (Lipinski definition) is 5. The molecule has 0 radical (unpaired) electrons. The number of unbranched alkanes of at least 4 members (excludes halogenated alkanes) is 2. The minimum absolute atomic E-state index is 0.102. The number of carbonyl (C=O) groups excluding carboxylic acids is 1. The van der Waals surface area contributed by atoms with E-state index >= 15 is 0 Å². The maximum absolute atomic E-state index is 10.8. The van der Waals surface area contributed by atoms with Crippen molar-refractivity contribution in [3.05, 3.63) is 12.5 Å². The lowest BCUT2D eigenvalue weighted by Gasteiger charge is -1.99. The van der Waals surface area contributed by atoms with E-state index in [1.165, 1.54) is 0 Å². The second-order valence-corrected chi connectivity index (χ2v) is 4.07. The average Bonchev–Trinajstić information content (AvgIpc) is 2.75. The van der Waals surface area contributed by atoms with E-state index in [2.05, 4.69) is 10.4 Å². The largest absolute Gasteiger partial charge is 0.440 e. The normalized spacial score (nSPS) is 10.2. The van der Waals surface area contributed by atoms with Gasteiger partial charge in [0.05, 0.1) is 6.20 Å². The number of carbonyl (C=O) groups is 1. The Labute approximate surface area is 92.8 Å². The van der Waals surface area contributed by atoms with Crippen molar-refractivity contribution < 1.29 is 9.21 Å². The highest BCUT2D eigenvalue weighted by atomic mass is 32.2. The maximum Gasteiger partial charge on any atom is 0.255 e. The van der Waals surface area contributed by atoms with E-state index < -0.39 is 0 Å². The van der Waals surface area contributed by atoms with Gasteiger partial charge in [0.2, 0.25) is 5.91 Å². The van der Waals surface area contributed by atoms with Gasteiger partial charge in [-0.1, -0.05) is 18.2 Å². The number of hydrazine groups is 1. The van der Waals surface area contributed by atoms with Gasteiger partial charge in [-0.3, -0.25) is 10.2 Å². The number of nitrogens with two attached hydrogens (primary N) is 1. The predicted molar refractivity (Wildman–Crippen MR) is 58.0 cm³/mol. The van der Waals surface area contributed by atoms with Gasteiger partial charge in [-0.25, -0.2) is 10.8 Å². The SMILES string of the molecule is NNC(=O)CCCCCSc1ncco1. The fraction of sp³-hybridized carbons (Fsp3) is 0.556. The molecule has 84 valence electrons. The van der Waals surface area contributed by atoms with E-state index in [4.69, 9.17) is 10.3 Å². The number of nitrogens with zero attached hydrogens (tertiary/aromatic N) is 1. The molecule has 1 heterocycles. The lowest BCUT2D eigenvalue weighted by atomic mass is 10.2. The highest BCUT2D eigenvalue weighted by Gasteiger charge is 1.99. The van der Waals surface area contributed by atoms with Gasteiger partial charge in [-0.05, 0) is 12.8 Å². The molecule has 0 spiro atoms. The zero-order valence-corrected chi connectivity index (χ0v) is 9.26. The second-order valence-electron chi connectivity index (χ2n) is 3.02. The van der Waals surface area contributed by atoms with E-state index in [1.54, 1.807) is 24.2 Å². The van der Waals surface area contributed by atoms with E-state index in [-0.39, 0.29) is 5.91 Å². The van der Waals surface area contributed by atoms with E-state index in [9.17, 15) is 4.79 Å². The molecule has 15 heavy (non-hydrogen) atoms. The quantitative estimate of drug-likeness (QED) is 0.242. The second kappa shape index (κ2) is 7.30. The molecule has 0 aromatic carbocycles. The summed E-state index contributed by atoms with van der Waals surface area (Å²) in [6, 6.07) is 0. The molecule has 1 rings (SSSR count). The Morgan fingerprint density at radius 3 is 3.07 bits per heavy atom. The van der Waals surface area contributed by atoms with Crippen LogP contribution in [0.5, 0.6) is 0 Å². The van der Waals surface area contributed by atoms with Crippen LogP contribution in [-0.4, -0.2) is 16.6 Å². The molecule has 5 nitrogen and oxygen atoms in total. The molecule has 1 aromatic rings. The van der Waals surface area contributed by atoms with E-state index in [0.29, 0.717) is 11.6 Å². The van der Waals surface area contributed by atoms with Crippen LogP contribution in [0.15, 0.2) is 22.1 Å². The van der Waals surface area contributed by atoms with Crippen molar-refractivity contribution in [1.29, 1.82) is 0 Å². The summed E-state index contributed by atoms with van der Waals surface area (Å²) >= 11 is 1.59. The summed E-state index contributed by atoms with van der Waals surface area (Å²) in [4.78, 5) is 14.8. The highest BCUT2D eigenvalue weighted by Crippen LogP contribution is 2.16. The van der Waals surface area contributed by atoms with Crippen LogP contribution in [-0.2, 0) is 4.79 Å². The van der Waals surface area contributed by atoms with Crippen LogP contribution in [0.25, 0.3) is 0 Å². The van der Waals surface area contributed by atoms with Crippen LogP contribution >= 0.6 is 11.8 Å². The van der Waals surface area contributed by atoms with Crippen LogP contribution in [0.3, 0.4) is 0 Å². The summed E-state index contributed by atoms with van der Waals surface area (Å²) in [5.41, 5.74) is 2.11. The zero-order valence-electron chi connectivity index (χ0n) is 8.44. The van der Waals surface area contributed by atoms with E-state index in [0.717, 1.165) is 25.0 Å². The van der Waals surface area contributed by atoms with Gasteiger partial charge in [0.15, 0.2) is 0 Å². The molecule has 1 amide bonds. The molecule has 3 N–H and O–H groups in total. The molecule has 6 heteroatoms. The first-order valence-electron chi connectivity index (χ1n) is 4.84. The fourth-order valence-electron chi connectivity index (χ4n) is 1.08. The van der Waals surface area contributed by atoms with Crippen LogP contribution < -0.4 is 11.3 Å². The summed E-state index contributed by atoms with van der Waals surface area (Å²) in [6.45, 7) is 0. The average molecular weight is 229 g/mol. The minimum Gasteiger partial charge on any atom is -0.440 e. The number of hydrogen-bond donors (Lipinski definition) is 2. The molecular formula is C9H15N3O2S. The first-order valence-corrected chi connectivity index (χ1v) is 5.83. The van der Waals surface area contributed by atoms with Crippen molar-refractivity contribution in [2.45, 2.75) is 30.9 Å². The lowest BCUT2D eigenvalue weighted by Crippen LogP contribution is -2.29. The summed E-state index contributed by atoms with van der Waals surface area (Å²) in [7, 11) is 0. The van der Waals surface area contributed by atoms with Crippen LogP contribution in [0.4, 0.5) is 0 Å². The molecule has 0 aliphatic rings. The Hall–Kier alpha value is -1.01. The Kier molecular flexibility index (Phi) is 5.87. The fourth-order valence-corrected chi connectivity index (χ4v) is 1.86. The smallest absolute Gasteiger partial charge is 0.255 e. The maximum atomic E-state index is 10.8. The number of amides is 1. The van der Waals surface area contributed by atoms with E-state index in [1.807, 2.05) is 0 Å². The van der Waals surface area contributed by atoms with Gasteiger partial charge in [-0.2, -0.15) is 0 Å². The van der Waals surface area contributed by atoms with Crippen molar-refractivity contribution in [2.24, 2.45) is 5.84 Å². The zero-order chi connectivity index (χ0) is 10.9. The molecule has 0 atom stereocenters. The van der Waals surface area contributed by atoms with Crippen LogP contribution in [0.2, 0.25) is 0 Å². The summed E-state index contributed by atoms with van der Waals surface area (Å²) < 4.78 is 5.07. The Morgan fingerprint density at radius 2 is 2.40 bits per heavy atom. The molecule has 0 fully saturated rings. The molecule has 0 unspecified atom stereocenters. The summed E-state index contributed by atoms with van der Waals surface area (Å²) in [6.07, 6.45) is 6.63. The van der Waals surface area contributed by atoms with Crippen molar-refractivity contribution in [3.63, 3.8) is 0 Å². The lowest BCUT2D eigenvalue weighted by molar-refractivity contribution is -0.121. The third-order valence-electron chi connectivity index (χ3n) is 1.84. The monoisotopic (exact) mass is 229 g/mol. The summed E-state index contributed by atoms with van der Waals surface area (Å²) in [5, 5.41) is 0.703. The number of oxazole rings is 1. The Bertz CT molecular complexity index is 277. The first-order chi connectivity index (χ1) is 7.33. The van der Waals surface area contributed by atoms with Crippen LogP contribution in [0.1, 0.15) is 25.7 Å². The minimum atomic E-state index is -0.102. The number of aromatic nitrogens is 1. The molecular weight excluding hydrogens is 214 g/mol. The van der Waals surface area contributed by atoms with Gasteiger partial charge >= 0.3 is 0 Å². The van der Waals surface area contributed by atoms with Gasteiger partial charge in [-0.15, -0.1) is 0 Å².